The number of hydrogen-bond acceptors (Lipinski definition) is 5. The number of thiophene rings is 1. The van der Waals surface area contributed by atoms with Crippen molar-refractivity contribution in [3.05, 3.63) is 194 Å². The maximum absolute atomic E-state index is 5.25. The van der Waals surface area contributed by atoms with Gasteiger partial charge in [-0.25, -0.2) is 19.9 Å². The zero-order chi connectivity index (χ0) is 38.9. The van der Waals surface area contributed by atoms with Crippen molar-refractivity contribution in [2.24, 2.45) is 0 Å². The van der Waals surface area contributed by atoms with Crippen LogP contribution in [-0.2, 0) is 0 Å². The normalized spacial score (nSPS) is 11.7. The zero-order valence-electron chi connectivity index (χ0n) is 31.7. The number of benzene rings is 9. The molecule has 0 aliphatic rings. The Bertz CT molecular complexity index is 3580. The third-order valence-electron chi connectivity index (χ3n) is 11.5. The smallest absolute Gasteiger partial charge is 0.164 e. The van der Waals surface area contributed by atoms with Crippen LogP contribution in [0.2, 0.25) is 0 Å². The Labute approximate surface area is 343 Å². The number of nitrogens with zero attached hydrogens (tertiary/aromatic N) is 4. The van der Waals surface area contributed by atoms with Crippen molar-refractivity contribution in [3.63, 3.8) is 0 Å². The SMILES string of the molecule is c1ccc(-c2cccc(-c3nc(-c4ccc(-c5nc6ccccc6c6c5sc5ccccc56)cc4)nc(-c4ccc5c6ccccc6c6ccccc6c5c4)n3)c2)cc1. The van der Waals surface area contributed by atoms with Crippen molar-refractivity contribution >= 4 is 74.7 Å². The van der Waals surface area contributed by atoms with Gasteiger partial charge in [0.15, 0.2) is 17.5 Å². The van der Waals surface area contributed by atoms with E-state index < -0.39 is 0 Å². The minimum atomic E-state index is 0.614. The molecular formula is C54H32N4S. The van der Waals surface area contributed by atoms with E-state index in [1.807, 2.05) is 6.07 Å². The molecule has 0 fully saturated rings. The molecule has 0 saturated heterocycles. The largest absolute Gasteiger partial charge is 0.246 e. The average molecular weight is 769 g/mol. The van der Waals surface area contributed by atoms with Gasteiger partial charge in [-0.3, -0.25) is 0 Å². The van der Waals surface area contributed by atoms with Crippen molar-refractivity contribution in [1.29, 1.82) is 0 Å². The van der Waals surface area contributed by atoms with Gasteiger partial charge < -0.3 is 0 Å². The van der Waals surface area contributed by atoms with Gasteiger partial charge in [-0.1, -0.05) is 170 Å². The van der Waals surface area contributed by atoms with E-state index in [1.165, 1.54) is 57.9 Å². The Kier molecular flexibility index (Phi) is 7.68. The second-order valence-electron chi connectivity index (χ2n) is 15.0. The molecule has 3 heterocycles. The summed E-state index contributed by atoms with van der Waals surface area (Å²) >= 11 is 1.80. The summed E-state index contributed by atoms with van der Waals surface area (Å²) in [5, 5.41) is 11.0. The maximum atomic E-state index is 5.25. The van der Waals surface area contributed by atoms with Gasteiger partial charge in [0.2, 0.25) is 0 Å². The number of pyridine rings is 1. The molecule has 59 heavy (non-hydrogen) atoms. The fourth-order valence-corrected chi connectivity index (χ4v) is 9.91. The first kappa shape index (κ1) is 33.5. The minimum Gasteiger partial charge on any atom is -0.246 e. The van der Waals surface area contributed by atoms with Crippen molar-refractivity contribution in [1.82, 2.24) is 19.9 Å². The molecule has 3 aromatic heterocycles. The molecule has 5 heteroatoms. The molecule has 0 unspecified atom stereocenters. The average Bonchev–Trinajstić information content (AvgIpc) is 3.72. The van der Waals surface area contributed by atoms with Crippen LogP contribution < -0.4 is 0 Å². The quantitative estimate of drug-likeness (QED) is 0.164. The van der Waals surface area contributed by atoms with Crippen LogP contribution in [0.25, 0.3) is 120 Å². The van der Waals surface area contributed by atoms with Crippen molar-refractivity contribution in [2.45, 2.75) is 0 Å². The second kappa shape index (κ2) is 13.5. The summed E-state index contributed by atoms with van der Waals surface area (Å²) in [7, 11) is 0. The van der Waals surface area contributed by atoms with E-state index in [-0.39, 0.29) is 0 Å². The van der Waals surface area contributed by atoms with Gasteiger partial charge in [-0.05, 0) is 67.7 Å². The van der Waals surface area contributed by atoms with E-state index in [9.17, 15) is 0 Å². The molecule has 0 N–H and O–H groups in total. The van der Waals surface area contributed by atoms with Gasteiger partial charge in [0.1, 0.15) is 0 Å². The molecule has 0 amide bonds. The highest BCUT2D eigenvalue weighted by Gasteiger charge is 2.18. The summed E-state index contributed by atoms with van der Waals surface area (Å²) in [4.78, 5) is 20.8. The lowest BCUT2D eigenvalue weighted by atomic mass is 9.93. The molecular weight excluding hydrogens is 737 g/mol. The van der Waals surface area contributed by atoms with Crippen LogP contribution in [0.5, 0.6) is 0 Å². The first-order valence-corrected chi connectivity index (χ1v) is 20.6. The lowest BCUT2D eigenvalue weighted by Gasteiger charge is -2.13. The van der Waals surface area contributed by atoms with Crippen LogP contribution in [-0.4, -0.2) is 19.9 Å². The summed E-state index contributed by atoms with van der Waals surface area (Å²) < 4.78 is 2.45. The molecule has 4 nitrogen and oxygen atoms in total. The molecule has 9 aromatic carbocycles. The number of fused-ring (bicyclic) bond motifs is 11. The van der Waals surface area contributed by atoms with E-state index in [4.69, 9.17) is 19.9 Å². The maximum Gasteiger partial charge on any atom is 0.164 e. The third kappa shape index (κ3) is 5.58. The summed E-state index contributed by atoms with van der Waals surface area (Å²) in [6.45, 7) is 0. The van der Waals surface area contributed by atoms with E-state index >= 15 is 0 Å². The highest BCUT2D eigenvalue weighted by Crippen LogP contribution is 2.43. The number of para-hydroxylation sites is 1. The highest BCUT2D eigenvalue weighted by atomic mass is 32.1. The van der Waals surface area contributed by atoms with Crippen molar-refractivity contribution < 1.29 is 0 Å². The summed E-state index contributed by atoms with van der Waals surface area (Å²) in [6, 6.07) is 68.5. The zero-order valence-corrected chi connectivity index (χ0v) is 32.5. The number of rotatable bonds is 5. The molecule has 274 valence electrons. The van der Waals surface area contributed by atoms with E-state index in [2.05, 4.69) is 188 Å². The van der Waals surface area contributed by atoms with E-state index in [0.29, 0.717) is 17.5 Å². The predicted octanol–water partition coefficient (Wildman–Crippen LogP) is 14.6. The molecule has 0 saturated carbocycles. The number of aromatic nitrogens is 4. The van der Waals surface area contributed by atoms with Crippen LogP contribution in [0.1, 0.15) is 0 Å². The van der Waals surface area contributed by atoms with Crippen molar-refractivity contribution in [2.75, 3.05) is 0 Å². The second-order valence-corrected chi connectivity index (χ2v) is 16.0. The lowest BCUT2D eigenvalue weighted by Crippen LogP contribution is -2.00. The standard InChI is InChI=1S/C54H32N4S/c1-2-13-33(14-3-1)36-15-12-16-37(31-36)53-56-52(57-54(58-53)38-29-30-43-41-19-5-4-17-39(41)40-18-6-7-20-42(40)46(43)32-38)35-27-25-34(26-28-35)50-51-49(44-21-8-10-23-47(44)55-50)45-22-9-11-24-48(45)59-51/h1-32H. The summed E-state index contributed by atoms with van der Waals surface area (Å²) in [5.74, 6) is 1.86. The predicted molar refractivity (Wildman–Crippen MR) is 248 cm³/mol. The molecule has 0 atom stereocenters. The molecule has 0 aliphatic heterocycles. The molecule has 0 bridgehead atoms. The monoisotopic (exact) mass is 768 g/mol. The Morgan fingerprint density at radius 1 is 0.288 bits per heavy atom. The number of hydrogen-bond donors (Lipinski definition) is 0. The fourth-order valence-electron chi connectivity index (χ4n) is 8.68. The Morgan fingerprint density at radius 2 is 0.780 bits per heavy atom. The van der Waals surface area contributed by atoms with Gasteiger partial charge >= 0.3 is 0 Å². The van der Waals surface area contributed by atoms with E-state index in [0.717, 1.165) is 44.6 Å². The molecule has 0 spiro atoms. The fraction of sp³-hybridized carbons (Fsp3) is 0. The van der Waals surface area contributed by atoms with Gasteiger partial charge in [-0.2, -0.15) is 0 Å². The molecule has 12 aromatic rings. The van der Waals surface area contributed by atoms with Gasteiger partial charge in [0.05, 0.1) is 15.9 Å². The van der Waals surface area contributed by atoms with Gasteiger partial charge in [0.25, 0.3) is 0 Å². The van der Waals surface area contributed by atoms with Crippen LogP contribution in [0, 0.1) is 0 Å². The Morgan fingerprint density at radius 3 is 1.49 bits per heavy atom. The molecule has 0 radical (unpaired) electrons. The minimum absolute atomic E-state index is 0.614. The van der Waals surface area contributed by atoms with Crippen LogP contribution >= 0.6 is 11.3 Å². The Hall–Kier alpha value is -7.60. The van der Waals surface area contributed by atoms with Gasteiger partial charge in [-0.15, -0.1) is 11.3 Å². The Balaban J connectivity index is 1.03. The van der Waals surface area contributed by atoms with E-state index in [1.54, 1.807) is 11.3 Å². The summed E-state index contributed by atoms with van der Waals surface area (Å²) in [5.41, 5.74) is 8.04. The van der Waals surface area contributed by atoms with Crippen LogP contribution in [0.3, 0.4) is 0 Å². The lowest BCUT2D eigenvalue weighted by molar-refractivity contribution is 1.07. The topological polar surface area (TPSA) is 51.6 Å². The summed E-state index contributed by atoms with van der Waals surface area (Å²) in [6.07, 6.45) is 0. The first-order valence-electron chi connectivity index (χ1n) is 19.8. The first-order chi connectivity index (χ1) is 29.2. The van der Waals surface area contributed by atoms with Crippen LogP contribution in [0.4, 0.5) is 0 Å². The molecule has 0 aliphatic carbocycles. The van der Waals surface area contributed by atoms with Crippen molar-refractivity contribution in [3.8, 4) is 56.5 Å². The van der Waals surface area contributed by atoms with Crippen LogP contribution in [0.15, 0.2) is 194 Å². The third-order valence-corrected chi connectivity index (χ3v) is 12.7. The van der Waals surface area contributed by atoms with Gasteiger partial charge in [0, 0.05) is 43.1 Å². The molecule has 12 rings (SSSR count). The highest BCUT2D eigenvalue weighted by molar-refractivity contribution is 7.26.